The lowest BCUT2D eigenvalue weighted by Gasteiger charge is -2.11. The molecule has 0 bridgehead atoms. The maximum absolute atomic E-state index is 12.9. The molecule has 0 saturated carbocycles. The summed E-state index contributed by atoms with van der Waals surface area (Å²) in [4.78, 5) is 28.5. The average Bonchev–Trinajstić information content (AvgIpc) is 2.74. The van der Waals surface area contributed by atoms with Crippen molar-refractivity contribution in [1.82, 2.24) is 10.3 Å². The molecule has 148 valence electrons. The van der Waals surface area contributed by atoms with Crippen LogP contribution in [0.25, 0.3) is 0 Å². The molecule has 7 heteroatoms. The summed E-state index contributed by atoms with van der Waals surface area (Å²) in [6, 6.07) is 16.1. The van der Waals surface area contributed by atoms with E-state index in [1.54, 1.807) is 55.5 Å². The molecule has 1 heterocycles. The Kier molecular flexibility index (Phi) is 6.52. The van der Waals surface area contributed by atoms with E-state index in [0.29, 0.717) is 22.6 Å². The molecule has 0 saturated heterocycles. The smallest absolute Gasteiger partial charge is 0.340 e. The predicted molar refractivity (Wildman–Crippen MR) is 107 cm³/mol. The number of para-hydroxylation sites is 1. The number of hydrogen-bond acceptors (Lipinski definition) is 5. The number of amides is 1. The minimum absolute atomic E-state index is 0.284. The van der Waals surface area contributed by atoms with Crippen molar-refractivity contribution in [2.45, 2.75) is 13.5 Å². The largest absolute Gasteiger partial charge is 0.462 e. The molecule has 29 heavy (non-hydrogen) atoms. The molecule has 0 radical (unpaired) electrons. The number of carbonyl (C=O) groups is 2. The summed E-state index contributed by atoms with van der Waals surface area (Å²) in [6.45, 7) is 2.31. The van der Waals surface area contributed by atoms with Gasteiger partial charge in [-0.05, 0) is 48.9 Å². The van der Waals surface area contributed by atoms with Gasteiger partial charge in [0.15, 0.2) is 0 Å². The Hall–Kier alpha value is -3.74. The third kappa shape index (κ3) is 5.38. The lowest BCUT2D eigenvalue weighted by Crippen LogP contribution is -2.22. The highest BCUT2D eigenvalue weighted by Crippen LogP contribution is 2.20. The number of hydrogen-bond donors (Lipinski definition) is 2. The van der Waals surface area contributed by atoms with Crippen molar-refractivity contribution in [3.63, 3.8) is 0 Å². The quantitative estimate of drug-likeness (QED) is 0.592. The minimum atomic E-state index is -0.424. The van der Waals surface area contributed by atoms with E-state index in [4.69, 9.17) is 4.74 Å². The van der Waals surface area contributed by atoms with Crippen molar-refractivity contribution in [2.24, 2.45) is 0 Å². The predicted octanol–water partition coefficient (Wildman–Crippen LogP) is 4.07. The first-order chi connectivity index (χ1) is 14.1. The van der Waals surface area contributed by atoms with Crippen LogP contribution in [0.2, 0.25) is 0 Å². The molecule has 0 aliphatic carbocycles. The van der Waals surface area contributed by atoms with Gasteiger partial charge in [-0.3, -0.25) is 4.79 Å². The highest BCUT2D eigenvalue weighted by atomic mass is 19.1. The first-order valence-electron chi connectivity index (χ1n) is 9.08. The fraction of sp³-hybridized carbons (Fsp3) is 0.136. The zero-order chi connectivity index (χ0) is 20.6. The normalized spacial score (nSPS) is 10.3. The van der Waals surface area contributed by atoms with Crippen LogP contribution in [-0.4, -0.2) is 23.5 Å². The van der Waals surface area contributed by atoms with Gasteiger partial charge in [-0.25, -0.2) is 14.2 Å². The zero-order valence-corrected chi connectivity index (χ0v) is 15.8. The molecule has 2 aromatic carbocycles. The van der Waals surface area contributed by atoms with Crippen LogP contribution in [0.15, 0.2) is 66.9 Å². The van der Waals surface area contributed by atoms with E-state index in [1.165, 1.54) is 18.3 Å². The Morgan fingerprint density at radius 3 is 2.48 bits per heavy atom. The van der Waals surface area contributed by atoms with Gasteiger partial charge in [0.2, 0.25) is 0 Å². The van der Waals surface area contributed by atoms with E-state index in [1.807, 2.05) is 0 Å². The fourth-order valence-corrected chi connectivity index (χ4v) is 2.61. The fourth-order valence-electron chi connectivity index (χ4n) is 2.61. The van der Waals surface area contributed by atoms with Crippen LogP contribution in [0.3, 0.4) is 0 Å². The Labute approximate surface area is 167 Å². The average molecular weight is 393 g/mol. The van der Waals surface area contributed by atoms with E-state index in [0.717, 1.165) is 5.56 Å². The van der Waals surface area contributed by atoms with E-state index in [-0.39, 0.29) is 24.9 Å². The van der Waals surface area contributed by atoms with E-state index >= 15 is 0 Å². The van der Waals surface area contributed by atoms with Crippen LogP contribution in [0, 0.1) is 5.82 Å². The third-order valence-corrected chi connectivity index (χ3v) is 4.08. The van der Waals surface area contributed by atoms with Crippen molar-refractivity contribution >= 4 is 23.4 Å². The van der Waals surface area contributed by atoms with Gasteiger partial charge in [0.05, 0.1) is 23.4 Å². The van der Waals surface area contributed by atoms with Crippen LogP contribution in [0.1, 0.15) is 33.2 Å². The number of nitrogens with one attached hydrogen (secondary N) is 2. The molecule has 0 atom stereocenters. The first kappa shape index (κ1) is 20.0. The number of pyridine rings is 1. The molecule has 2 N–H and O–H groups in total. The van der Waals surface area contributed by atoms with E-state index in [9.17, 15) is 14.0 Å². The second-order valence-electron chi connectivity index (χ2n) is 6.13. The highest BCUT2D eigenvalue weighted by Gasteiger charge is 2.13. The lowest BCUT2D eigenvalue weighted by molar-refractivity contribution is 0.0527. The van der Waals surface area contributed by atoms with Crippen molar-refractivity contribution < 1.29 is 18.7 Å². The minimum Gasteiger partial charge on any atom is -0.462 e. The number of rotatable bonds is 7. The second kappa shape index (κ2) is 9.45. The number of carbonyl (C=O) groups excluding carboxylic acids is 2. The van der Waals surface area contributed by atoms with Gasteiger partial charge >= 0.3 is 5.97 Å². The van der Waals surface area contributed by atoms with Gasteiger partial charge in [0.1, 0.15) is 11.6 Å². The second-order valence-corrected chi connectivity index (χ2v) is 6.13. The molecule has 3 rings (SSSR count). The molecule has 0 fully saturated rings. The van der Waals surface area contributed by atoms with Gasteiger partial charge < -0.3 is 15.4 Å². The summed E-state index contributed by atoms with van der Waals surface area (Å²) >= 11 is 0. The number of esters is 1. The van der Waals surface area contributed by atoms with Crippen molar-refractivity contribution in [2.75, 3.05) is 11.9 Å². The number of aromatic nitrogens is 1. The molecule has 1 amide bonds. The summed E-state index contributed by atoms with van der Waals surface area (Å²) in [7, 11) is 0. The SMILES string of the molecule is CCOC(=O)c1ccccc1Nc1ccc(C(=O)NCc2ccc(F)cc2)cn1. The topological polar surface area (TPSA) is 80.3 Å². The van der Waals surface area contributed by atoms with Crippen LogP contribution in [-0.2, 0) is 11.3 Å². The first-order valence-corrected chi connectivity index (χ1v) is 9.08. The molecule has 0 aliphatic heterocycles. The van der Waals surface area contributed by atoms with Crippen molar-refractivity contribution in [3.05, 3.63) is 89.4 Å². The molecule has 3 aromatic rings. The number of benzene rings is 2. The van der Waals surface area contributed by atoms with Gasteiger partial charge in [-0.15, -0.1) is 0 Å². The zero-order valence-electron chi connectivity index (χ0n) is 15.8. The lowest BCUT2D eigenvalue weighted by atomic mass is 10.1. The molecule has 0 unspecified atom stereocenters. The molecular formula is C22H20FN3O3. The molecule has 1 aromatic heterocycles. The molecule has 6 nitrogen and oxygen atoms in total. The molecular weight excluding hydrogens is 373 g/mol. The van der Waals surface area contributed by atoms with Crippen LogP contribution >= 0.6 is 0 Å². The monoisotopic (exact) mass is 393 g/mol. The van der Waals surface area contributed by atoms with Crippen molar-refractivity contribution in [1.29, 1.82) is 0 Å². The maximum Gasteiger partial charge on any atom is 0.340 e. The summed E-state index contributed by atoms with van der Waals surface area (Å²) in [5, 5.41) is 5.82. The number of nitrogens with zero attached hydrogens (tertiary/aromatic N) is 1. The Morgan fingerprint density at radius 1 is 1.03 bits per heavy atom. The summed E-state index contributed by atoms with van der Waals surface area (Å²) in [5.74, 6) is -0.554. The molecule has 0 aliphatic rings. The number of ether oxygens (including phenoxy) is 1. The van der Waals surface area contributed by atoms with Gasteiger partial charge in [0.25, 0.3) is 5.91 Å². The van der Waals surface area contributed by atoms with E-state index in [2.05, 4.69) is 15.6 Å². The standard InChI is InChI=1S/C22H20FN3O3/c1-2-29-22(28)18-5-3-4-6-19(18)26-20-12-9-16(14-24-20)21(27)25-13-15-7-10-17(23)11-8-15/h3-12,14H,2,13H2,1H3,(H,24,26)(H,25,27). The summed E-state index contributed by atoms with van der Waals surface area (Å²) in [5.41, 5.74) is 2.14. The molecule has 0 spiro atoms. The van der Waals surface area contributed by atoms with Crippen LogP contribution < -0.4 is 10.6 Å². The van der Waals surface area contributed by atoms with Crippen molar-refractivity contribution in [3.8, 4) is 0 Å². The summed E-state index contributed by atoms with van der Waals surface area (Å²) < 4.78 is 18.0. The Balaban J connectivity index is 1.64. The van der Waals surface area contributed by atoms with Crippen LogP contribution in [0.4, 0.5) is 15.9 Å². The Bertz CT molecular complexity index is 989. The maximum atomic E-state index is 12.9. The number of anilines is 2. The summed E-state index contributed by atoms with van der Waals surface area (Å²) in [6.07, 6.45) is 1.44. The van der Waals surface area contributed by atoms with Gasteiger partial charge in [-0.2, -0.15) is 0 Å². The van der Waals surface area contributed by atoms with E-state index < -0.39 is 5.97 Å². The van der Waals surface area contributed by atoms with Gasteiger partial charge in [0, 0.05) is 12.7 Å². The van der Waals surface area contributed by atoms with Crippen LogP contribution in [0.5, 0.6) is 0 Å². The Morgan fingerprint density at radius 2 is 1.79 bits per heavy atom. The third-order valence-electron chi connectivity index (χ3n) is 4.08. The number of halogens is 1. The highest BCUT2D eigenvalue weighted by molar-refractivity contribution is 5.96. The van der Waals surface area contributed by atoms with Gasteiger partial charge in [-0.1, -0.05) is 24.3 Å².